The molecule has 2 aromatic rings. The van der Waals surface area contributed by atoms with E-state index in [1.807, 2.05) is 54.6 Å². The van der Waals surface area contributed by atoms with Gasteiger partial charge in [0, 0.05) is 30.8 Å². The minimum atomic E-state index is -0.437. The summed E-state index contributed by atoms with van der Waals surface area (Å²) in [6.07, 6.45) is 1.04. The van der Waals surface area contributed by atoms with Crippen LogP contribution in [0.3, 0.4) is 0 Å². The molecule has 1 unspecified atom stereocenters. The number of cyclic esters (lactones) is 1. The van der Waals surface area contributed by atoms with Crippen molar-refractivity contribution in [3.8, 4) is 0 Å². The number of anilines is 2. The van der Waals surface area contributed by atoms with E-state index < -0.39 is 6.09 Å². The van der Waals surface area contributed by atoms with Gasteiger partial charge in [0.15, 0.2) is 0 Å². The normalized spacial score (nSPS) is 19.5. The fourth-order valence-electron chi connectivity index (χ4n) is 3.55. The Balaban J connectivity index is 1.52. The first-order valence-corrected chi connectivity index (χ1v) is 9.36. The molecule has 29 heavy (non-hydrogen) atoms. The van der Waals surface area contributed by atoms with E-state index in [2.05, 4.69) is 5.32 Å². The van der Waals surface area contributed by atoms with Gasteiger partial charge in [-0.2, -0.15) is 0 Å². The van der Waals surface area contributed by atoms with Crippen molar-refractivity contribution < 1.29 is 19.1 Å². The molecule has 0 aliphatic carbocycles. The summed E-state index contributed by atoms with van der Waals surface area (Å²) in [5.74, 6) is -0.204. The van der Waals surface area contributed by atoms with Crippen molar-refractivity contribution >= 4 is 40.9 Å². The summed E-state index contributed by atoms with van der Waals surface area (Å²) in [5.41, 5.74) is 4.02. The summed E-state index contributed by atoms with van der Waals surface area (Å²) in [6, 6.07) is 15.1. The first-order valence-electron chi connectivity index (χ1n) is 9.36. The van der Waals surface area contributed by atoms with Crippen LogP contribution >= 0.6 is 0 Å². The van der Waals surface area contributed by atoms with E-state index in [4.69, 9.17) is 4.74 Å². The lowest BCUT2D eigenvalue weighted by molar-refractivity contribution is -0.119. The molecule has 0 bridgehead atoms. The number of nitrogens with zero attached hydrogens (tertiary/aromatic N) is 2. The molecule has 148 valence electrons. The van der Waals surface area contributed by atoms with Crippen LogP contribution < -0.4 is 15.1 Å². The molecular formula is C22H21N3O4. The van der Waals surface area contributed by atoms with E-state index in [0.717, 1.165) is 16.8 Å². The summed E-state index contributed by atoms with van der Waals surface area (Å²) >= 11 is 0. The molecule has 0 aromatic heterocycles. The Labute approximate surface area is 168 Å². The van der Waals surface area contributed by atoms with Crippen LogP contribution in [-0.2, 0) is 14.3 Å². The van der Waals surface area contributed by atoms with E-state index in [1.165, 1.54) is 11.8 Å². The van der Waals surface area contributed by atoms with Gasteiger partial charge in [-0.1, -0.05) is 30.3 Å². The van der Waals surface area contributed by atoms with Crippen LogP contribution in [0.4, 0.5) is 16.2 Å². The second-order valence-electron chi connectivity index (χ2n) is 7.08. The zero-order chi connectivity index (χ0) is 20.5. The van der Waals surface area contributed by atoms with Crippen molar-refractivity contribution in [3.05, 3.63) is 59.7 Å². The third-order valence-electron chi connectivity index (χ3n) is 5.06. The molecule has 1 saturated heterocycles. The molecule has 2 aromatic carbocycles. The molecular weight excluding hydrogens is 370 g/mol. The van der Waals surface area contributed by atoms with Crippen LogP contribution in [0, 0.1) is 0 Å². The molecule has 7 nitrogen and oxygen atoms in total. The lowest BCUT2D eigenvalue weighted by atomic mass is 10.0. The fraction of sp³-hybridized carbons (Fsp3) is 0.227. The fourth-order valence-corrected chi connectivity index (χ4v) is 3.55. The summed E-state index contributed by atoms with van der Waals surface area (Å²) in [4.78, 5) is 38.9. The maximum Gasteiger partial charge on any atom is 0.414 e. The van der Waals surface area contributed by atoms with Crippen molar-refractivity contribution in [3.63, 3.8) is 0 Å². The van der Waals surface area contributed by atoms with Crippen LogP contribution in [0.1, 0.15) is 18.1 Å². The van der Waals surface area contributed by atoms with E-state index in [9.17, 15) is 14.4 Å². The third-order valence-corrected chi connectivity index (χ3v) is 5.06. The molecule has 2 aliphatic rings. The zero-order valence-electron chi connectivity index (χ0n) is 16.2. The van der Waals surface area contributed by atoms with Crippen LogP contribution in [0.15, 0.2) is 48.5 Å². The van der Waals surface area contributed by atoms with Gasteiger partial charge < -0.3 is 15.0 Å². The van der Waals surface area contributed by atoms with E-state index in [0.29, 0.717) is 17.8 Å². The van der Waals surface area contributed by atoms with Crippen LogP contribution in [-0.4, -0.2) is 44.1 Å². The standard InChI is InChI=1S/C22H21N3O4/c1-14(26)23-12-17-13-25(22(28)29-17)16-9-7-15(8-10-16)11-19-18-5-3-4-6-20(18)24(2)21(19)27/h3-11,17H,12-13H2,1-2H3,(H,23,26)/b19-11+. The van der Waals surface area contributed by atoms with Gasteiger partial charge in [-0.05, 0) is 29.8 Å². The van der Waals surface area contributed by atoms with Crippen molar-refractivity contribution in [2.24, 2.45) is 0 Å². The molecule has 4 rings (SSSR count). The van der Waals surface area contributed by atoms with Gasteiger partial charge in [-0.15, -0.1) is 0 Å². The highest BCUT2D eigenvalue weighted by Gasteiger charge is 2.32. The molecule has 0 radical (unpaired) electrons. The van der Waals surface area contributed by atoms with Crippen molar-refractivity contribution in [1.82, 2.24) is 5.32 Å². The molecule has 1 atom stereocenters. The SMILES string of the molecule is CC(=O)NCC1CN(c2ccc(/C=C3/C(=O)N(C)c4ccccc43)cc2)C(=O)O1. The smallest absolute Gasteiger partial charge is 0.414 e. The second-order valence-corrected chi connectivity index (χ2v) is 7.08. The van der Waals surface area contributed by atoms with E-state index in [-0.39, 0.29) is 24.5 Å². The molecule has 0 saturated carbocycles. The van der Waals surface area contributed by atoms with E-state index in [1.54, 1.807) is 11.9 Å². The zero-order valence-corrected chi connectivity index (χ0v) is 16.2. The Morgan fingerprint density at radius 3 is 2.62 bits per heavy atom. The van der Waals surface area contributed by atoms with Crippen LogP contribution in [0.2, 0.25) is 0 Å². The Morgan fingerprint density at radius 1 is 1.17 bits per heavy atom. The topological polar surface area (TPSA) is 79.0 Å². The number of benzene rings is 2. The first kappa shape index (κ1) is 18.7. The Kier molecular flexibility index (Phi) is 4.80. The molecule has 0 spiro atoms. The summed E-state index contributed by atoms with van der Waals surface area (Å²) in [6.45, 7) is 2.08. The van der Waals surface area contributed by atoms with Gasteiger partial charge >= 0.3 is 6.09 Å². The first-order chi connectivity index (χ1) is 13.9. The van der Waals surface area contributed by atoms with Crippen molar-refractivity contribution in [1.29, 1.82) is 0 Å². The summed E-state index contributed by atoms with van der Waals surface area (Å²) < 4.78 is 5.29. The molecule has 7 heteroatoms. The minimum Gasteiger partial charge on any atom is -0.442 e. The van der Waals surface area contributed by atoms with Gasteiger partial charge in [0.1, 0.15) is 6.10 Å². The highest BCUT2D eigenvalue weighted by atomic mass is 16.6. The van der Waals surface area contributed by atoms with Gasteiger partial charge in [0.05, 0.1) is 18.8 Å². The summed E-state index contributed by atoms with van der Waals surface area (Å²) in [7, 11) is 1.77. The second kappa shape index (κ2) is 7.43. The van der Waals surface area contributed by atoms with Crippen LogP contribution in [0.25, 0.3) is 11.6 Å². The average Bonchev–Trinajstić information content (AvgIpc) is 3.20. The maximum atomic E-state index is 12.6. The predicted octanol–water partition coefficient (Wildman–Crippen LogP) is 2.66. The van der Waals surface area contributed by atoms with Gasteiger partial charge in [-0.25, -0.2) is 4.79 Å². The maximum absolute atomic E-state index is 12.6. The molecule has 1 fully saturated rings. The Bertz CT molecular complexity index is 1010. The number of nitrogens with one attached hydrogen (secondary N) is 1. The van der Waals surface area contributed by atoms with Gasteiger partial charge in [0.2, 0.25) is 5.91 Å². The number of hydrogen-bond acceptors (Lipinski definition) is 4. The van der Waals surface area contributed by atoms with Crippen molar-refractivity contribution in [2.75, 3.05) is 29.9 Å². The number of likely N-dealkylation sites (N-methyl/N-ethyl adjacent to an activating group) is 1. The lowest BCUT2D eigenvalue weighted by Gasteiger charge is -2.13. The highest BCUT2D eigenvalue weighted by molar-refractivity contribution is 6.35. The number of para-hydroxylation sites is 1. The number of rotatable bonds is 4. The minimum absolute atomic E-state index is 0.0424. The Morgan fingerprint density at radius 2 is 1.90 bits per heavy atom. The van der Waals surface area contributed by atoms with E-state index >= 15 is 0 Å². The number of hydrogen-bond donors (Lipinski definition) is 1. The number of ether oxygens (including phenoxy) is 1. The third kappa shape index (κ3) is 3.59. The monoisotopic (exact) mass is 391 g/mol. The molecule has 1 N–H and O–H groups in total. The molecule has 2 aliphatic heterocycles. The molecule has 3 amide bonds. The predicted molar refractivity (Wildman–Crippen MR) is 110 cm³/mol. The quantitative estimate of drug-likeness (QED) is 0.813. The number of carbonyl (C=O) groups is 3. The number of fused-ring (bicyclic) bond motifs is 1. The Hall–Kier alpha value is -3.61. The molecule has 2 heterocycles. The van der Waals surface area contributed by atoms with Crippen molar-refractivity contribution in [2.45, 2.75) is 13.0 Å². The van der Waals surface area contributed by atoms with Crippen LogP contribution in [0.5, 0.6) is 0 Å². The van der Waals surface area contributed by atoms with Gasteiger partial charge in [-0.3, -0.25) is 14.5 Å². The highest BCUT2D eigenvalue weighted by Crippen LogP contribution is 2.36. The number of amides is 3. The largest absolute Gasteiger partial charge is 0.442 e. The number of carbonyl (C=O) groups excluding carboxylic acids is 3. The van der Waals surface area contributed by atoms with Gasteiger partial charge in [0.25, 0.3) is 5.91 Å². The average molecular weight is 391 g/mol. The summed E-state index contributed by atoms with van der Waals surface area (Å²) in [5, 5.41) is 2.66. The lowest BCUT2D eigenvalue weighted by Crippen LogP contribution is -2.33.